The molecule has 22 heavy (non-hydrogen) atoms. The molecule has 0 saturated carbocycles. The van der Waals surface area contributed by atoms with Crippen LogP contribution < -0.4 is 5.73 Å². The zero-order chi connectivity index (χ0) is 15.2. The fraction of sp³-hybridized carbons (Fsp3) is 0.389. The van der Waals surface area contributed by atoms with Crippen LogP contribution in [0.4, 0.5) is 0 Å². The van der Waals surface area contributed by atoms with Crippen LogP contribution in [0.5, 0.6) is 0 Å². The number of rotatable bonds is 5. The monoisotopic (exact) mass is 296 g/mol. The fourth-order valence-electron chi connectivity index (χ4n) is 3.17. The predicted octanol–water partition coefficient (Wildman–Crippen LogP) is 1.75. The van der Waals surface area contributed by atoms with Crippen molar-refractivity contribution in [3.8, 4) is 0 Å². The minimum atomic E-state index is 0.238. The Morgan fingerprint density at radius 3 is 2.32 bits per heavy atom. The van der Waals surface area contributed by atoms with E-state index in [0.717, 1.165) is 45.0 Å². The van der Waals surface area contributed by atoms with Crippen LogP contribution in [-0.4, -0.2) is 54.1 Å². The zero-order valence-electron chi connectivity index (χ0n) is 12.9. The summed E-state index contributed by atoms with van der Waals surface area (Å²) in [6, 6.07) is 17.1. The van der Waals surface area contributed by atoms with Gasteiger partial charge in [0, 0.05) is 45.5 Å². The molecule has 1 aromatic carbocycles. The van der Waals surface area contributed by atoms with Gasteiger partial charge in [-0.05, 0) is 17.7 Å². The maximum atomic E-state index is 5.67. The van der Waals surface area contributed by atoms with Gasteiger partial charge in [0.05, 0.1) is 11.7 Å². The molecule has 0 amide bonds. The summed E-state index contributed by atoms with van der Waals surface area (Å²) in [7, 11) is 0. The minimum absolute atomic E-state index is 0.238. The van der Waals surface area contributed by atoms with E-state index < -0.39 is 0 Å². The third kappa shape index (κ3) is 3.53. The summed E-state index contributed by atoms with van der Waals surface area (Å²) >= 11 is 0. The minimum Gasteiger partial charge on any atom is -0.329 e. The van der Waals surface area contributed by atoms with Crippen molar-refractivity contribution in [2.75, 3.05) is 39.3 Å². The molecule has 2 N–H and O–H groups in total. The number of aromatic nitrogens is 1. The first-order chi connectivity index (χ1) is 10.9. The van der Waals surface area contributed by atoms with Crippen LogP contribution in [0.25, 0.3) is 0 Å². The Hall–Kier alpha value is -1.75. The van der Waals surface area contributed by atoms with Crippen LogP contribution in [0.1, 0.15) is 17.3 Å². The lowest BCUT2D eigenvalue weighted by Gasteiger charge is -2.39. The molecule has 4 nitrogen and oxygen atoms in total. The van der Waals surface area contributed by atoms with Gasteiger partial charge >= 0.3 is 0 Å². The number of nitrogens with zero attached hydrogens (tertiary/aromatic N) is 3. The smallest absolute Gasteiger partial charge is 0.0777 e. The van der Waals surface area contributed by atoms with Crippen molar-refractivity contribution in [1.29, 1.82) is 0 Å². The van der Waals surface area contributed by atoms with Crippen LogP contribution >= 0.6 is 0 Å². The van der Waals surface area contributed by atoms with Gasteiger partial charge in [0.15, 0.2) is 0 Å². The molecule has 1 aliphatic heterocycles. The number of pyridine rings is 1. The first kappa shape index (κ1) is 15.2. The Kier molecular flexibility index (Phi) is 5.16. The lowest BCUT2D eigenvalue weighted by molar-refractivity contribution is 0.110. The lowest BCUT2D eigenvalue weighted by atomic mass is 10.0. The summed E-state index contributed by atoms with van der Waals surface area (Å²) in [4.78, 5) is 9.58. The van der Waals surface area contributed by atoms with Gasteiger partial charge in [-0.25, -0.2) is 0 Å². The van der Waals surface area contributed by atoms with Gasteiger partial charge in [0.1, 0.15) is 0 Å². The van der Waals surface area contributed by atoms with Crippen molar-refractivity contribution in [2.45, 2.75) is 6.04 Å². The Morgan fingerprint density at radius 2 is 1.68 bits per heavy atom. The van der Waals surface area contributed by atoms with Crippen LogP contribution in [0.3, 0.4) is 0 Å². The molecule has 2 aromatic rings. The molecule has 1 aromatic heterocycles. The zero-order valence-corrected chi connectivity index (χ0v) is 12.9. The Balaban J connectivity index is 1.81. The highest BCUT2D eigenvalue weighted by Crippen LogP contribution is 2.27. The SMILES string of the molecule is NCCN1CCN(C(c2ccccc2)c2ccccn2)CC1. The van der Waals surface area contributed by atoms with E-state index in [-0.39, 0.29) is 6.04 Å². The molecule has 1 unspecified atom stereocenters. The topological polar surface area (TPSA) is 45.4 Å². The van der Waals surface area contributed by atoms with Crippen LogP contribution in [0.2, 0.25) is 0 Å². The van der Waals surface area contributed by atoms with Crippen LogP contribution in [-0.2, 0) is 0 Å². The van der Waals surface area contributed by atoms with Gasteiger partial charge in [-0.15, -0.1) is 0 Å². The van der Waals surface area contributed by atoms with Crippen molar-refractivity contribution < 1.29 is 0 Å². The molecule has 1 atom stereocenters. The number of hydrogen-bond acceptors (Lipinski definition) is 4. The molecule has 0 bridgehead atoms. The third-order valence-electron chi connectivity index (χ3n) is 4.30. The van der Waals surface area contributed by atoms with E-state index in [1.54, 1.807) is 0 Å². The van der Waals surface area contributed by atoms with E-state index in [2.05, 4.69) is 57.2 Å². The van der Waals surface area contributed by atoms with E-state index in [4.69, 9.17) is 5.73 Å². The number of piperazine rings is 1. The quantitative estimate of drug-likeness (QED) is 0.913. The molecule has 0 spiro atoms. The third-order valence-corrected chi connectivity index (χ3v) is 4.30. The summed E-state index contributed by atoms with van der Waals surface area (Å²) in [5.74, 6) is 0. The lowest BCUT2D eigenvalue weighted by Crippen LogP contribution is -2.49. The van der Waals surface area contributed by atoms with Gasteiger partial charge < -0.3 is 5.73 Å². The van der Waals surface area contributed by atoms with Crippen molar-refractivity contribution in [1.82, 2.24) is 14.8 Å². The molecule has 1 aliphatic rings. The summed E-state index contributed by atoms with van der Waals surface area (Å²) in [6.07, 6.45) is 1.88. The molecule has 2 heterocycles. The molecule has 116 valence electrons. The van der Waals surface area contributed by atoms with E-state index in [1.807, 2.05) is 12.3 Å². The van der Waals surface area contributed by atoms with Gasteiger partial charge in [0.2, 0.25) is 0 Å². The van der Waals surface area contributed by atoms with Crippen LogP contribution in [0, 0.1) is 0 Å². The Bertz CT molecular complexity index is 510. The molecule has 0 aliphatic carbocycles. The van der Waals surface area contributed by atoms with Gasteiger partial charge in [0.25, 0.3) is 0 Å². The average molecular weight is 296 g/mol. The Morgan fingerprint density at radius 1 is 0.955 bits per heavy atom. The summed E-state index contributed by atoms with van der Waals surface area (Å²) < 4.78 is 0. The van der Waals surface area contributed by atoms with E-state index in [1.165, 1.54) is 5.56 Å². The van der Waals surface area contributed by atoms with Gasteiger partial charge in [-0.2, -0.15) is 0 Å². The molecular formula is C18H24N4. The highest BCUT2D eigenvalue weighted by atomic mass is 15.3. The van der Waals surface area contributed by atoms with Crippen molar-refractivity contribution in [2.24, 2.45) is 5.73 Å². The molecule has 3 rings (SSSR count). The molecule has 4 heteroatoms. The largest absolute Gasteiger partial charge is 0.329 e. The summed E-state index contributed by atoms with van der Waals surface area (Å²) in [5.41, 5.74) is 8.11. The normalized spacial score (nSPS) is 18.2. The first-order valence-electron chi connectivity index (χ1n) is 8.01. The van der Waals surface area contributed by atoms with E-state index in [9.17, 15) is 0 Å². The van der Waals surface area contributed by atoms with Gasteiger partial charge in [-0.3, -0.25) is 14.8 Å². The fourth-order valence-corrected chi connectivity index (χ4v) is 3.17. The Labute approximate surface area is 132 Å². The summed E-state index contributed by atoms with van der Waals surface area (Å²) in [6.45, 7) is 5.99. The number of benzene rings is 1. The molecule has 1 saturated heterocycles. The predicted molar refractivity (Wildman–Crippen MR) is 89.6 cm³/mol. The standard InChI is InChI=1S/C18H24N4/c19-9-11-21-12-14-22(15-13-21)18(16-6-2-1-3-7-16)17-8-4-5-10-20-17/h1-8,10,18H,9,11-15,19H2. The van der Waals surface area contributed by atoms with Crippen molar-refractivity contribution in [3.63, 3.8) is 0 Å². The second-order valence-corrected chi connectivity index (χ2v) is 5.73. The average Bonchev–Trinajstić information content (AvgIpc) is 2.59. The molecule has 1 fully saturated rings. The van der Waals surface area contributed by atoms with E-state index >= 15 is 0 Å². The van der Waals surface area contributed by atoms with E-state index in [0.29, 0.717) is 0 Å². The summed E-state index contributed by atoms with van der Waals surface area (Å²) in [5, 5.41) is 0. The van der Waals surface area contributed by atoms with Crippen molar-refractivity contribution in [3.05, 3.63) is 66.0 Å². The molecular weight excluding hydrogens is 272 g/mol. The molecule has 0 radical (unpaired) electrons. The number of hydrogen-bond donors (Lipinski definition) is 1. The number of nitrogens with two attached hydrogens (primary N) is 1. The van der Waals surface area contributed by atoms with Crippen LogP contribution in [0.15, 0.2) is 54.7 Å². The van der Waals surface area contributed by atoms with Gasteiger partial charge in [-0.1, -0.05) is 36.4 Å². The highest BCUT2D eigenvalue weighted by molar-refractivity contribution is 5.28. The second kappa shape index (κ2) is 7.49. The second-order valence-electron chi connectivity index (χ2n) is 5.73. The highest BCUT2D eigenvalue weighted by Gasteiger charge is 2.26. The van der Waals surface area contributed by atoms with Crippen molar-refractivity contribution >= 4 is 0 Å². The maximum Gasteiger partial charge on any atom is 0.0777 e. The maximum absolute atomic E-state index is 5.67. The first-order valence-corrected chi connectivity index (χ1v) is 8.01.